The summed E-state index contributed by atoms with van der Waals surface area (Å²) >= 11 is 0. The minimum atomic E-state index is -0.619. The molecule has 0 spiro atoms. The van der Waals surface area contributed by atoms with Crippen LogP contribution in [0.5, 0.6) is 5.88 Å². The van der Waals surface area contributed by atoms with Gasteiger partial charge in [0.05, 0.1) is 11.8 Å². The van der Waals surface area contributed by atoms with E-state index in [2.05, 4.69) is 29.2 Å². The number of nitrogens with one attached hydrogen (secondary N) is 1. The number of hydrogen-bond donors (Lipinski definition) is 2. The molecular formula is C24H29N3O4. The van der Waals surface area contributed by atoms with E-state index < -0.39 is 17.7 Å². The van der Waals surface area contributed by atoms with E-state index in [1.165, 1.54) is 5.56 Å². The molecule has 7 nitrogen and oxygen atoms in total. The zero-order valence-corrected chi connectivity index (χ0v) is 17.5. The number of nitrogens with zero attached hydrogens (tertiary/aromatic N) is 2. The Bertz CT molecular complexity index is 869. The second kappa shape index (κ2) is 9.92. The average molecular weight is 424 g/mol. The number of aromatic nitrogens is 1. The van der Waals surface area contributed by atoms with Crippen molar-refractivity contribution in [2.24, 2.45) is 11.8 Å². The number of pyridine rings is 1. The lowest BCUT2D eigenvalue weighted by Gasteiger charge is -2.39. The molecule has 1 aliphatic heterocycles. The Morgan fingerprint density at radius 1 is 0.968 bits per heavy atom. The number of hydroxylamine groups is 1. The Balaban J connectivity index is 1.38. The molecule has 0 unspecified atom stereocenters. The molecule has 1 aromatic heterocycles. The van der Waals surface area contributed by atoms with Crippen molar-refractivity contribution in [3.63, 3.8) is 0 Å². The summed E-state index contributed by atoms with van der Waals surface area (Å²) < 4.78 is 5.92. The molecule has 2 aromatic rings. The van der Waals surface area contributed by atoms with Crippen LogP contribution in [0.1, 0.15) is 43.6 Å². The van der Waals surface area contributed by atoms with Gasteiger partial charge in [-0.05, 0) is 49.7 Å². The molecule has 2 aliphatic rings. The predicted octanol–water partition coefficient (Wildman–Crippen LogP) is 3.16. The number of benzene rings is 1. The Morgan fingerprint density at radius 3 is 2.39 bits per heavy atom. The van der Waals surface area contributed by atoms with Crippen molar-refractivity contribution in [2.45, 2.75) is 44.1 Å². The maximum atomic E-state index is 13.3. The number of rotatable bonds is 5. The van der Waals surface area contributed by atoms with E-state index in [1.807, 2.05) is 23.1 Å². The monoisotopic (exact) mass is 423 g/mol. The maximum Gasteiger partial charge on any atom is 0.247 e. The normalized spacial score (nSPS) is 24.4. The highest BCUT2D eigenvalue weighted by atomic mass is 16.5. The van der Waals surface area contributed by atoms with Gasteiger partial charge in [-0.1, -0.05) is 36.4 Å². The van der Waals surface area contributed by atoms with Crippen LogP contribution >= 0.6 is 0 Å². The van der Waals surface area contributed by atoms with E-state index in [0.29, 0.717) is 44.1 Å². The van der Waals surface area contributed by atoms with Crippen molar-refractivity contribution in [3.8, 4) is 5.88 Å². The Hall–Kier alpha value is -2.93. The van der Waals surface area contributed by atoms with Crippen LogP contribution in [-0.4, -0.2) is 46.1 Å². The molecule has 0 bridgehead atoms. The highest BCUT2D eigenvalue weighted by Crippen LogP contribution is 2.35. The number of amides is 2. The number of likely N-dealkylation sites (tertiary alicyclic amines) is 1. The summed E-state index contributed by atoms with van der Waals surface area (Å²) in [6, 6.07) is 15.8. The molecule has 164 valence electrons. The van der Waals surface area contributed by atoms with Crippen molar-refractivity contribution in [3.05, 3.63) is 60.3 Å². The summed E-state index contributed by atoms with van der Waals surface area (Å²) in [5.41, 5.74) is 3.07. The zero-order chi connectivity index (χ0) is 21.6. The highest BCUT2D eigenvalue weighted by molar-refractivity contribution is 5.87. The van der Waals surface area contributed by atoms with Gasteiger partial charge in [0, 0.05) is 25.4 Å². The standard InChI is InChI=1S/C24H29N3O4/c28-23(26-30)21-16-19(31-22-8-4-5-13-25-22)9-10-20(21)24(29)27-14-11-18(12-15-27)17-6-2-1-3-7-17/h1-8,13,18-21,30H,9-12,14-16H2,(H,26,28)/t19-,20-,21-/m1/s1. The molecule has 1 aliphatic carbocycles. The molecule has 4 rings (SSSR count). The maximum absolute atomic E-state index is 13.3. The molecule has 2 N–H and O–H groups in total. The largest absolute Gasteiger partial charge is 0.474 e. The van der Waals surface area contributed by atoms with Crippen LogP contribution in [0, 0.1) is 11.8 Å². The summed E-state index contributed by atoms with van der Waals surface area (Å²) in [4.78, 5) is 31.8. The first kappa shape index (κ1) is 21.3. The fourth-order valence-corrected chi connectivity index (χ4v) is 4.89. The number of ether oxygens (including phenoxy) is 1. The molecule has 7 heteroatoms. The van der Waals surface area contributed by atoms with E-state index >= 15 is 0 Å². The van der Waals surface area contributed by atoms with Gasteiger partial charge in [0.1, 0.15) is 6.10 Å². The third kappa shape index (κ3) is 5.05. The molecule has 2 fully saturated rings. The van der Waals surface area contributed by atoms with Crippen LogP contribution in [0.4, 0.5) is 0 Å². The summed E-state index contributed by atoms with van der Waals surface area (Å²) in [6.45, 7) is 1.38. The van der Waals surface area contributed by atoms with E-state index in [-0.39, 0.29) is 12.0 Å². The quantitative estimate of drug-likeness (QED) is 0.569. The fraction of sp³-hybridized carbons (Fsp3) is 0.458. The van der Waals surface area contributed by atoms with Crippen molar-refractivity contribution in [1.82, 2.24) is 15.4 Å². The number of piperidine rings is 1. The predicted molar refractivity (Wildman–Crippen MR) is 114 cm³/mol. The van der Waals surface area contributed by atoms with Gasteiger partial charge in [-0.3, -0.25) is 14.8 Å². The van der Waals surface area contributed by atoms with Gasteiger partial charge in [-0.25, -0.2) is 10.5 Å². The van der Waals surface area contributed by atoms with Crippen LogP contribution < -0.4 is 10.2 Å². The topological polar surface area (TPSA) is 91.8 Å². The molecular weight excluding hydrogens is 394 g/mol. The van der Waals surface area contributed by atoms with Crippen molar-refractivity contribution >= 4 is 11.8 Å². The van der Waals surface area contributed by atoms with E-state index in [4.69, 9.17) is 4.74 Å². The first-order valence-electron chi connectivity index (χ1n) is 11.0. The van der Waals surface area contributed by atoms with Gasteiger partial charge < -0.3 is 9.64 Å². The van der Waals surface area contributed by atoms with Crippen LogP contribution in [0.2, 0.25) is 0 Å². The summed E-state index contributed by atoms with van der Waals surface area (Å²) in [7, 11) is 0. The molecule has 3 atom stereocenters. The van der Waals surface area contributed by atoms with E-state index in [1.54, 1.807) is 17.7 Å². The molecule has 0 radical (unpaired) electrons. The third-order valence-corrected chi connectivity index (χ3v) is 6.57. The van der Waals surface area contributed by atoms with Crippen LogP contribution in [0.3, 0.4) is 0 Å². The lowest BCUT2D eigenvalue weighted by Crippen LogP contribution is -2.49. The second-order valence-corrected chi connectivity index (χ2v) is 8.42. The Kier molecular flexibility index (Phi) is 6.82. The van der Waals surface area contributed by atoms with Gasteiger partial charge in [0.15, 0.2) is 0 Å². The molecule has 1 saturated carbocycles. The summed E-state index contributed by atoms with van der Waals surface area (Å²) in [6.07, 6.45) is 4.87. The van der Waals surface area contributed by atoms with Crippen molar-refractivity contribution in [2.75, 3.05) is 13.1 Å². The molecule has 2 heterocycles. The summed E-state index contributed by atoms with van der Waals surface area (Å²) in [5.74, 6) is -0.605. The molecule has 1 aromatic carbocycles. The number of hydrogen-bond acceptors (Lipinski definition) is 5. The van der Waals surface area contributed by atoms with Gasteiger partial charge in [-0.15, -0.1) is 0 Å². The number of carbonyl (C=O) groups is 2. The smallest absolute Gasteiger partial charge is 0.247 e. The minimum Gasteiger partial charge on any atom is -0.474 e. The number of carbonyl (C=O) groups excluding carboxylic acids is 2. The summed E-state index contributed by atoms with van der Waals surface area (Å²) in [5, 5.41) is 9.26. The van der Waals surface area contributed by atoms with Gasteiger partial charge in [-0.2, -0.15) is 0 Å². The average Bonchev–Trinajstić information content (AvgIpc) is 2.84. The first-order valence-corrected chi connectivity index (χ1v) is 11.0. The van der Waals surface area contributed by atoms with Crippen LogP contribution in [-0.2, 0) is 9.59 Å². The van der Waals surface area contributed by atoms with Gasteiger partial charge >= 0.3 is 0 Å². The van der Waals surface area contributed by atoms with Crippen LogP contribution in [0.15, 0.2) is 54.7 Å². The second-order valence-electron chi connectivity index (χ2n) is 8.42. The Morgan fingerprint density at radius 2 is 1.71 bits per heavy atom. The highest BCUT2D eigenvalue weighted by Gasteiger charge is 2.42. The van der Waals surface area contributed by atoms with Crippen molar-refractivity contribution < 1.29 is 19.5 Å². The van der Waals surface area contributed by atoms with Gasteiger partial charge in [0.25, 0.3) is 0 Å². The van der Waals surface area contributed by atoms with Gasteiger partial charge in [0.2, 0.25) is 17.7 Å². The van der Waals surface area contributed by atoms with Crippen LogP contribution in [0.25, 0.3) is 0 Å². The lowest BCUT2D eigenvalue weighted by atomic mass is 9.76. The zero-order valence-electron chi connectivity index (χ0n) is 17.5. The van der Waals surface area contributed by atoms with E-state index in [0.717, 1.165) is 12.8 Å². The molecule has 1 saturated heterocycles. The Labute approximate surface area is 182 Å². The molecule has 31 heavy (non-hydrogen) atoms. The minimum absolute atomic E-state index is 0.0106. The van der Waals surface area contributed by atoms with E-state index in [9.17, 15) is 14.8 Å². The molecule has 2 amide bonds. The first-order chi connectivity index (χ1) is 15.2. The lowest BCUT2D eigenvalue weighted by molar-refractivity contribution is -0.149. The van der Waals surface area contributed by atoms with Crippen molar-refractivity contribution in [1.29, 1.82) is 0 Å². The fourth-order valence-electron chi connectivity index (χ4n) is 4.89. The SMILES string of the molecule is O=C(NO)[C@@H]1C[C@H](Oc2ccccn2)CC[C@H]1C(=O)N1CCC(c2ccccc2)CC1. The third-order valence-electron chi connectivity index (χ3n) is 6.57.